The highest BCUT2D eigenvalue weighted by atomic mass is 16.5. The molecule has 124 valence electrons. The predicted octanol–water partition coefficient (Wildman–Crippen LogP) is 1.86. The van der Waals surface area contributed by atoms with Crippen LogP contribution in [0.15, 0.2) is 41.1 Å². The zero-order valence-corrected chi connectivity index (χ0v) is 13.4. The molecule has 7 heteroatoms. The fourth-order valence-corrected chi connectivity index (χ4v) is 3.11. The first-order valence-electron chi connectivity index (χ1n) is 7.96. The highest BCUT2D eigenvalue weighted by Gasteiger charge is 2.39. The second-order valence-corrected chi connectivity index (χ2v) is 6.39. The molecule has 3 heterocycles. The largest absolute Gasteiger partial charge is 0.382 e. The number of aliphatic hydroxyl groups is 1. The minimum atomic E-state index is -0.952. The van der Waals surface area contributed by atoms with Crippen molar-refractivity contribution in [2.24, 2.45) is 0 Å². The van der Waals surface area contributed by atoms with Crippen molar-refractivity contribution >= 4 is 0 Å². The second kappa shape index (κ2) is 5.85. The lowest BCUT2D eigenvalue weighted by Gasteiger charge is -2.20. The van der Waals surface area contributed by atoms with Crippen LogP contribution in [-0.2, 0) is 12.1 Å². The Morgan fingerprint density at radius 2 is 2.17 bits per heavy atom. The first kappa shape index (κ1) is 15.0. The van der Waals surface area contributed by atoms with Crippen molar-refractivity contribution in [3.63, 3.8) is 0 Å². The molecule has 2 aromatic heterocycles. The third-order valence-corrected chi connectivity index (χ3v) is 4.50. The van der Waals surface area contributed by atoms with Crippen LogP contribution in [0.2, 0.25) is 0 Å². The highest BCUT2D eigenvalue weighted by Crippen LogP contribution is 2.31. The second-order valence-electron chi connectivity index (χ2n) is 6.39. The molecule has 0 spiro atoms. The van der Waals surface area contributed by atoms with Gasteiger partial charge in [-0.1, -0.05) is 35.0 Å². The van der Waals surface area contributed by atoms with Crippen LogP contribution < -0.4 is 0 Å². The lowest BCUT2D eigenvalue weighted by Crippen LogP contribution is -2.30. The van der Waals surface area contributed by atoms with Crippen molar-refractivity contribution in [2.75, 3.05) is 13.1 Å². The number of nitrogens with one attached hydrogen (secondary N) is 1. The summed E-state index contributed by atoms with van der Waals surface area (Å²) in [5.74, 6) is 0.787. The third kappa shape index (κ3) is 2.83. The summed E-state index contributed by atoms with van der Waals surface area (Å²) in [4.78, 5) is 2.13. The summed E-state index contributed by atoms with van der Waals surface area (Å²) in [5.41, 5.74) is 2.72. The maximum absolute atomic E-state index is 10.7. The van der Waals surface area contributed by atoms with Crippen LogP contribution in [0.4, 0.5) is 0 Å². The van der Waals surface area contributed by atoms with Gasteiger partial charge in [-0.25, -0.2) is 0 Å². The topological polar surface area (TPSA) is 91.1 Å². The Morgan fingerprint density at radius 1 is 1.33 bits per heavy atom. The van der Waals surface area contributed by atoms with E-state index in [2.05, 4.69) is 44.5 Å². The molecule has 1 fully saturated rings. The van der Waals surface area contributed by atoms with E-state index >= 15 is 0 Å². The summed E-state index contributed by atoms with van der Waals surface area (Å²) in [6.45, 7) is 3.93. The summed E-state index contributed by atoms with van der Waals surface area (Å²) in [6.07, 6.45) is 2.20. The molecule has 0 unspecified atom stereocenters. The van der Waals surface area contributed by atoms with Gasteiger partial charge in [-0.2, -0.15) is 15.4 Å². The number of aromatic amines is 1. The average molecular weight is 325 g/mol. The fourth-order valence-electron chi connectivity index (χ4n) is 3.11. The Hall–Kier alpha value is -2.51. The van der Waals surface area contributed by atoms with Gasteiger partial charge in [0.15, 0.2) is 5.76 Å². The van der Waals surface area contributed by atoms with E-state index in [-0.39, 0.29) is 0 Å². The van der Waals surface area contributed by atoms with E-state index in [1.165, 1.54) is 5.56 Å². The number of hydrogen-bond acceptors (Lipinski definition) is 6. The summed E-state index contributed by atoms with van der Waals surface area (Å²) in [7, 11) is 0. The van der Waals surface area contributed by atoms with E-state index in [0.29, 0.717) is 25.2 Å². The molecule has 1 aliphatic rings. The fraction of sp³-hybridized carbons (Fsp3) is 0.353. The SMILES string of the molecule is Cc1ccc(-c2cc(CN3CC[C@](O)(c4cn[nH]n4)C3)on2)cc1. The average Bonchev–Trinajstić information content (AvgIpc) is 3.30. The van der Waals surface area contributed by atoms with Crippen molar-refractivity contribution in [2.45, 2.75) is 25.5 Å². The van der Waals surface area contributed by atoms with Gasteiger partial charge >= 0.3 is 0 Å². The number of benzene rings is 1. The number of rotatable bonds is 4. The smallest absolute Gasteiger partial charge is 0.151 e. The maximum Gasteiger partial charge on any atom is 0.151 e. The Labute approximate surface area is 139 Å². The maximum atomic E-state index is 10.7. The molecule has 4 rings (SSSR count). The van der Waals surface area contributed by atoms with E-state index < -0.39 is 5.60 Å². The quantitative estimate of drug-likeness (QED) is 0.761. The molecule has 24 heavy (non-hydrogen) atoms. The number of H-pyrrole nitrogens is 1. The van der Waals surface area contributed by atoms with Crippen LogP contribution in [-0.4, -0.2) is 43.7 Å². The number of aromatic nitrogens is 4. The Morgan fingerprint density at radius 3 is 2.92 bits per heavy atom. The first-order chi connectivity index (χ1) is 11.6. The molecular weight excluding hydrogens is 306 g/mol. The number of hydrogen-bond donors (Lipinski definition) is 2. The van der Waals surface area contributed by atoms with E-state index in [4.69, 9.17) is 4.52 Å². The van der Waals surface area contributed by atoms with E-state index in [0.717, 1.165) is 23.6 Å². The molecular formula is C17H19N5O2. The van der Waals surface area contributed by atoms with Gasteiger partial charge in [-0.05, 0) is 13.3 Å². The Bertz CT molecular complexity index is 812. The molecule has 1 aromatic carbocycles. The molecule has 3 aromatic rings. The summed E-state index contributed by atoms with van der Waals surface area (Å²) >= 11 is 0. The molecule has 7 nitrogen and oxygen atoms in total. The standard InChI is InChI=1S/C17H19N5O2/c1-12-2-4-13(5-3-12)15-8-14(24-20-15)10-22-7-6-17(23,11-22)16-9-18-21-19-16/h2-5,8-9,23H,6-7,10-11H2,1H3,(H,18,19,21)/t17-/m1/s1. The summed E-state index contributed by atoms with van der Waals surface area (Å²) in [6, 6.07) is 10.1. The van der Waals surface area contributed by atoms with E-state index in [1.54, 1.807) is 6.20 Å². The minimum absolute atomic E-state index is 0.500. The number of likely N-dealkylation sites (tertiary alicyclic amines) is 1. The Kier molecular flexibility index (Phi) is 3.66. The van der Waals surface area contributed by atoms with Crippen molar-refractivity contribution in [1.82, 2.24) is 25.5 Å². The zero-order chi connectivity index (χ0) is 16.6. The van der Waals surface area contributed by atoms with Crippen molar-refractivity contribution in [3.05, 3.63) is 53.5 Å². The molecule has 0 aliphatic carbocycles. The van der Waals surface area contributed by atoms with Gasteiger partial charge in [0.25, 0.3) is 0 Å². The van der Waals surface area contributed by atoms with Gasteiger partial charge in [0, 0.05) is 24.7 Å². The van der Waals surface area contributed by atoms with Gasteiger partial charge in [0.05, 0.1) is 12.7 Å². The van der Waals surface area contributed by atoms with Gasteiger partial charge in [0.1, 0.15) is 17.0 Å². The van der Waals surface area contributed by atoms with Crippen LogP contribution >= 0.6 is 0 Å². The molecule has 1 aliphatic heterocycles. The number of nitrogens with zero attached hydrogens (tertiary/aromatic N) is 4. The Balaban J connectivity index is 1.44. The number of β-amino-alcohol motifs (C(OH)–C–C–N with tert-alkyl or cyclic N) is 1. The molecule has 2 N–H and O–H groups in total. The zero-order valence-electron chi connectivity index (χ0n) is 13.4. The van der Waals surface area contributed by atoms with Crippen LogP contribution in [0.25, 0.3) is 11.3 Å². The molecule has 1 saturated heterocycles. The van der Waals surface area contributed by atoms with Crippen molar-refractivity contribution in [1.29, 1.82) is 0 Å². The van der Waals surface area contributed by atoms with Crippen molar-refractivity contribution < 1.29 is 9.63 Å². The van der Waals surface area contributed by atoms with Crippen LogP contribution in [0.1, 0.15) is 23.4 Å². The lowest BCUT2D eigenvalue weighted by molar-refractivity contribution is 0.0400. The molecule has 0 radical (unpaired) electrons. The first-order valence-corrected chi connectivity index (χ1v) is 7.96. The van der Waals surface area contributed by atoms with Crippen LogP contribution in [0.5, 0.6) is 0 Å². The van der Waals surface area contributed by atoms with E-state index in [9.17, 15) is 5.11 Å². The van der Waals surface area contributed by atoms with E-state index in [1.807, 2.05) is 18.2 Å². The molecule has 0 amide bonds. The van der Waals surface area contributed by atoms with Crippen LogP contribution in [0.3, 0.4) is 0 Å². The van der Waals surface area contributed by atoms with Gasteiger partial charge in [-0.15, -0.1) is 0 Å². The normalized spacial score (nSPS) is 21.4. The molecule has 0 bridgehead atoms. The molecule has 1 atom stereocenters. The summed E-state index contributed by atoms with van der Waals surface area (Å²) in [5, 5.41) is 25.2. The number of aryl methyl sites for hydroxylation is 1. The monoisotopic (exact) mass is 325 g/mol. The highest BCUT2D eigenvalue weighted by molar-refractivity contribution is 5.59. The minimum Gasteiger partial charge on any atom is -0.382 e. The summed E-state index contributed by atoms with van der Waals surface area (Å²) < 4.78 is 5.46. The third-order valence-electron chi connectivity index (χ3n) is 4.50. The van der Waals surface area contributed by atoms with Gasteiger partial charge in [-0.3, -0.25) is 4.90 Å². The predicted molar refractivity (Wildman–Crippen MR) is 86.8 cm³/mol. The molecule has 0 saturated carbocycles. The van der Waals surface area contributed by atoms with Crippen LogP contribution in [0, 0.1) is 6.92 Å². The van der Waals surface area contributed by atoms with Gasteiger partial charge in [0.2, 0.25) is 0 Å². The van der Waals surface area contributed by atoms with Gasteiger partial charge < -0.3 is 9.63 Å². The van der Waals surface area contributed by atoms with Crippen molar-refractivity contribution in [3.8, 4) is 11.3 Å². The lowest BCUT2D eigenvalue weighted by atomic mass is 10.0.